The van der Waals surface area contributed by atoms with Crippen LogP contribution in [0.2, 0.25) is 0 Å². The fourth-order valence-electron chi connectivity index (χ4n) is 0.0527. The molecule has 28 valence electrons. The minimum absolute atomic E-state index is 0. The van der Waals surface area contributed by atoms with Crippen LogP contribution in [-0.2, 0) is 27.3 Å². The Morgan fingerprint density at radius 1 is 1.83 bits per heavy atom. The van der Waals surface area contributed by atoms with Crippen LogP contribution in [0.1, 0.15) is 0 Å². The van der Waals surface area contributed by atoms with Crippen LogP contribution in [0.5, 0.6) is 0 Å². The monoisotopic (exact) mass is 180 g/mol. The average molecular weight is 178 g/mol. The quantitative estimate of drug-likeness (QED) is 0.432. The summed E-state index contributed by atoms with van der Waals surface area (Å²) in [6.45, 7) is 3.27. The van der Waals surface area contributed by atoms with Crippen molar-refractivity contribution in [2.45, 2.75) is 0 Å². The normalized spacial score (nSPS) is 3.83. The second-order valence-corrected chi connectivity index (χ2v) is 0.531. The van der Waals surface area contributed by atoms with Gasteiger partial charge in [-0.1, -0.05) is 0 Å². The third-order valence-corrected chi connectivity index (χ3v) is 0.192. The molecular formula is C4H4CdN-. The zero-order chi connectivity index (χ0) is 4.12. The molecule has 0 aromatic heterocycles. The van der Waals surface area contributed by atoms with Crippen molar-refractivity contribution in [3.05, 3.63) is 19.1 Å². The molecule has 0 radical (unpaired) electrons. The van der Waals surface area contributed by atoms with E-state index >= 15 is 0 Å². The van der Waals surface area contributed by atoms with Crippen molar-refractivity contribution in [3.63, 3.8) is 0 Å². The molecule has 0 aliphatic rings. The van der Waals surface area contributed by atoms with Gasteiger partial charge in [0.15, 0.2) is 0 Å². The fourth-order valence-corrected chi connectivity index (χ4v) is 0.0527. The Hall–Kier alpha value is 0.0221. The zero-order valence-electron chi connectivity index (χ0n) is 3.52. The Labute approximate surface area is 57.8 Å². The Morgan fingerprint density at radius 3 is 2.33 bits per heavy atom. The first-order valence-corrected chi connectivity index (χ1v) is 1.25. The average Bonchev–Trinajstić information content (AvgIpc) is 1.41. The topological polar surface area (TPSA) is 23.8 Å². The van der Waals surface area contributed by atoms with E-state index in [2.05, 4.69) is 6.58 Å². The van der Waals surface area contributed by atoms with Gasteiger partial charge in [0.1, 0.15) is 0 Å². The van der Waals surface area contributed by atoms with Crippen molar-refractivity contribution >= 4 is 0 Å². The minimum Gasteiger partial charge on any atom is -0.244 e. The number of nitrogens with zero attached hydrogens (tertiary/aromatic N) is 1. The second kappa shape index (κ2) is 8.90. The van der Waals surface area contributed by atoms with Gasteiger partial charge in [-0.3, -0.25) is 0 Å². The molecule has 0 saturated carbocycles. The number of hydrogen-bond acceptors (Lipinski definition) is 1. The van der Waals surface area contributed by atoms with Crippen LogP contribution in [0, 0.1) is 17.8 Å². The van der Waals surface area contributed by atoms with Gasteiger partial charge in [-0.05, 0) is 6.07 Å². The molecule has 1 nitrogen and oxygen atoms in total. The smallest absolute Gasteiger partial charge is 0 e. The van der Waals surface area contributed by atoms with E-state index < -0.39 is 0 Å². The molecule has 6 heavy (non-hydrogen) atoms. The van der Waals surface area contributed by atoms with Gasteiger partial charge in [-0.15, -0.1) is 6.42 Å². The molecule has 0 heterocycles. The first-order chi connectivity index (χ1) is 2.41. The standard InChI is InChI=1S/C4H4N.Cd/c1-2-3-4-5;/h2-3H,1H2;/q-1;. The van der Waals surface area contributed by atoms with Crippen molar-refractivity contribution in [1.82, 2.24) is 0 Å². The van der Waals surface area contributed by atoms with E-state index in [1.807, 2.05) is 0 Å². The molecule has 0 aliphatic heterocycles. The summed E-state index contributed by atoms with van der Waals surface area (Å²) in [5, 5.41) is 7.69. The maximum atomic E-state index is 7.69. The fraction of sp³-hybridized carbons (Fsp3) is 0. The third kappa shape index (κ3) is 8.98. The summed E-state index contributed by atoms with van der Waals surface area (Å²) in [7, 11) is 0. The number of nitriles is 1. The molecule has 0 atom stereocenters. The summed E-state index contributed by atoms with van der Waals surface area (Å²) in [6, 6.07) is 1.77. The molecule has 0 rings (SSSR count). The Morgan fingerprint density at radius 2 is 2.33 bits per heavy atom. The summed E-state index contributed by atoms with van der Waals surface area (Å²) in [6.07, 6.45) is 2.76. The van der Waals surface area contributed by atoms with Gasteiger partial charge in [0.05, 0.1) is 0 Å². The summed E-state index contributed by atoms with van der Waals surface area (Å²) in [5.74, 6) is 0. The van der Waals surface area contributed by atoms with E-state index in [-0.39, 0.29) is 27.3 Å². The van der Waals surface area contributed by atoms with Gasteiger partial charge in [0.25, 0.3) is 0 Å². The molecule has 2 heteroatoms. The van der Waals surface area contributed by atoms with Crippen LogP contribution in [0.4, 0.5) is 0 Å². The van der Waals surface area contributed by atoms with Crippen LogP contribution < -0.4 is 0 Å². The van der Waals surface area contributed by atoms with Gasteiger partial charge in [0.2, 0.25) is 0 Å². The van der Waals surface area contributed by atoms with Gasteiger partial charge in [0, 0.05) is 27.3 Å². The maximum Gasteiger partial charge on any atom is 0 e. The van der Waals surface area contributed by atoms with Gasteiger partial charge in [-0.25, -0.2) is 17.9 Å². The van der Waals surface area contributed by atoms with E-state index in [0.29, 0.717) is 0 Å². The Balaban J connectivity index is 0. The molecule has 0 aliphatic carbocycles. The van der Waals surface area contributed by atoms with Gasteiger partial charge in [-0.2, -0.15) is 0 Å². The molecule has 0 aromatic rings. The van der Waals surface area contributed by atoms with Crippen LogP contribution in [0.3, 0.4) is 0 Å². The van der Waals surface area contributed by atoms with Crippen molar-refractivity contribution in [2.75, 3.05) is 0 Å². The second-order valence-electron chi connectivity index (χ2n) is 0.531. The summed E-state index contributed by atoms with van der Waals surface area (Å²) in [4.78, 5) is 0. The molecule has 0 bridgehead atoms. The number of hydrogen-bond donors (Lipinski definition) is 0. The number of rotatable bonds is 1. The van der Waals surface area contributed by atoms with Gasteiger partial charge < -0.3 is 0 Å². The van der Waals surface area contributed by atoms with Crippen LogP contribution >= 0.6 is 0 Å². The van der Waals surface area contributed by atoms with E-state index in [1.165, 1.54) is 12.5 Å². The van der Waals surface area contributed by atoms with Crippen LogP contribution in [0.15, 0.2) is 12.7 Å². The zero-order valence-corrected chi connectivity index (χ0v) is 7.55. The van der Waals surface area contributed by atoms with Crippen molar-refractivity contribution in [3.8, 4) is 6.07 Å². The van der Waals surface area contributed by atoms with E-state index in [4.69, 9.17) is 5.26 Å². The molecular weight excluding hydrogens is 174 g/mol. The molecule has 0 N–H and O–H groups in total. The molecule has 0 amide bonds. The predicted octanol–water partition coefficient (Wildman–Crippen LogP) is 0.898. The van der Waals surface area contributed by atoms with E-state index in [1.54, 1.807) is 6.07 Å². The van der Waals surface area contributed by atoms with E-state index in [9.17, 15) is 0 Å². The predicted molar refractivity (Wildman–Crippen MR) is 20.1 cm³/mol. The van der Waals surface area contributed by atoms with Crippen molar-refractivity contribution in [2.24, 2.45) is 0 Å². The van der Waals surface area contributed by atoms with Crippen LogP contribution in [-0.4, -0.2) is 0 Å². The summed E-state index contributed by atoms with van der Waals surface area (Å²) in [5.41, 5.74) is 0. The van der Waals surface area contributed by atoms with Gasteiger partial charge >= 0.3 is 0 Å². The molecule has 0 saturated heterocycles. The molecule has 0 unspecified atom stereocenters. The Kier molecular flexibility index (Phi) is 13.9. The number of allylic oxidation sites excluding steroid dienone is 1. The first-order valence-electron chi connectivity index (χ1n) is 1.25. The van der Waals surface area contributed by atoms with Crippen LogP contribution in [0.25, 0.3) is 0 Å². The third-order valence-electron chi connectivity index (χ3n) is 0.192. The SMILES string of the molecule is C=C[CH-]C#N.[Cd]. The minimum atomic E-state index is 0. The first kappa shape index (κ1) is 9.39. The largest absolute Gasteiger partial charge is 0.244 e. The summed E-state index contributed by atoms with van der Waals surface area (Å²) >= 11 is 0. The summed E-state index contributed by atoms with van der Waals surface area (Å²) < 4.78 is 0. The molecule has 0 spiro atoms. The molecule has 0 aromatic carbocycles. The van der Waals surface area contributed by atoms with Crippen molar-refractivity contribution < 1.29 is 27.3 Å². The Bertz CT molecular complexity index is 62.4. The molecule has 0 fully saturated rings. The van der Waals surface area contributed by atoms with E-state index in [0.717, 1.165) is 0 Å². The van der Waals surface area contributed by atoms with Crippen molar-refractivity contribution in [1.29, 1.82) is 5.26 Å². The maximum absolute atomic E-state index is 7.69.